The van der Waals surface area contributed by atoms with Crippen molar-refractivity contribution >= 4 is 46.8 Å². The minimum absolute atomic E-state index is 0.0238. The monoisotopic (exact) mass is 495 g/mol. The third kappa shape index (κ3) is 3.70. The number of aliphatic hydroxyl groups is 1. The van der Waals surface area contributed by atoms with Gasteiger partial charge in [0.2, 0.25) is 12.7 Å². The van der Waals surface area contributed by atoms with Crippen LogP contribution in [0.5, 0.6) is 0 Å². The van der Waals surface area contributed by atoms with Gasteiger partial charge in [0, 0.05) is 6.92 Å². The molecule has 14 nitrogen and oxygen atoms in total. The molecule has 0 radical (unpaired) electrons. The fourth-order valence-corrected chi connectivity index (χ4v) is 4.80. The molecule has 0 aliphatic carbocycles. The Bertz CT molecular complexity index is 1070. The highest BCUT2D eigenvalue weighted by atomic mass is 79.9. The maximum atomic E-state index is 12.5. The minimum Gasteiger partial charge on any atom is -0.438 e. The number of phosphoric ester groups is 1. The number of nitrogen functional groups attached to an aromatic ring is 1. The highest BCUT2D eigenvalue weighted by Crippen LogP contribution is 2.56. The number of ether oxygens (including phenoxy) is 2. The van der Waals surface area contributed by atoms with E-state index in [0.29, 0.717) is 0 Å². The molecule has 2 aromatic rings. The molecule has 2 aromatic heterocycles. The van der Waals surface area contributed by atoms with Gasteiger partial charge in [-0.1, -0.05) is 0 Å². The largest absolute Gasteiger partial charge is 0.478 e. The van der Waals surface area contributed by atoms with E-state index in [9.17, 15) is 19.3 Å². The van der Waals surface area contributed by atoms with E-state index in [2.05, 4.69) is 35.6 Å². The molecule has 4 heterocycles. The molecule has 2 aliphatic rings. The van der Waals surface area contributed by atoms with Crippen molar-refractivity contribution in [3.63, 3.8) is 0 Å². The predicted octanol–water partition coefficient (Wildman–Crippen LogP) is -0.217. The SMILES string of the molecule is CC(=O)OCOP1(=O)OC[C@H]2O[C@@H](n3c(Br)nc4c(=O)[nH]c(N)nc43)[C@@H](O)C2O1. The van der Waals surface area contributed by atoms with E-state index in [1.165, 1.54) is 4.57 Å². The zero-order valence-corrected chi connectivity index (χ0v) is 17.2. The van der Waals surface area contributed by atoms with Crippen molar-refractivity contribution in [1.29, 1.82) is 0 Å². The number of carbonyl (C=O) groups is 1. The summed E-state index contributed by atoms with van der Waals surface area (Å²) in [6.07, 6.45) is -4.37. The van der Waals surface area contributed by atoms with Crippen molar-refractivity contribution in [3.8, 4) is 0 Å². The summed E-state index contributed by atoms with van der Waals surface area (Å²) < 4.78 is 39.6. The first-order valence-corrected chi connectivity index (χ1v) is 10.4. The Morgan fingerprint density at radius 1 is 1.52 bits per heavy atom. The zero-order valence-electron chi connectivity index (χ0n) is 14.7. The topological polar surface area (TPSA) is 190 Å². The van der Waals surface area contributed by atoms with E-state index >= 15 is 0 Å². The molecule has 29 heavy (non-hydrogen) atoms. The van der Waals surface area contributed by atoms with Crippen LogP contribution in [0.4, 0.5) is 5.95 Å². The van der Waals surface area contributed by atoms with E-state index in [4.69, 9.17) is 24.0 Å². The summed E-state index contributed by atoms with van der Waals surface area (Å²) in [7, 11) is -4.10. The molecule has 5 atom stereocenters. The lowest BCUT2D eigenvalue weighted by Gasteiger charge is -2.30. The number of nitrogens with zero attached hydrogens (tertiary/aromatic N) is 3. The second kappa shape index (κ2) is 7.43. The summed E-state index contributed by atoms with van der Waals surface area (Å²) in [5, 5.41) is 10.7. The molecule has 4 N–H and O–H groups in total. The van der Waals surface area contributed by atoms with Crippen LogP contribution < -0.4 is 11.3 Å². The van der Waals surface area contributed by atoms with Gasteiger partial charge in [0.15, 0.2) is 22.1 Å². The summed E-state index contributed by atoms with van der Waals surface area (Å²) in [5.41, 5.74) is 5.07. The number of aromatic amines is 1. The molecule has 2 saturated heterocycles. The van der Waals surface area contributed by atoms with Gasteiger partial charge in [-0.15, -0.1) is 0 Å². The number of imidazole rings is 1. The number of anilines is 1. The number of carbonyl (C=O) groups excluding carboxylic acids is 1. The normalized spacial score (nSPS) is 31.7. The van der Waals surface area contributed by atoms with Crippen LogP contribution in [0.2, 0.25) is 0 Å². The molecule has 0 saturated carbocycles. The van der Waals surface area contributed by atoms with Gasteiger partial charge in [0.1, 0.15) is 18.3 Å². The Labute approximate surface area is 170 Å². The molecular weight excluding hydrogens is 481 g/mol. The van der Waals surface area contributed by atoms with Crippen molar-refractivity contribution in [3.05, 3.63) is 15.1 Å². The number of aliphatic hydroxyl groups excluding tert-OH is 1. The molecule has 0 aromatic carbocycles. The maximum Gasteiger partial charge on any atom is 0.478 e. The van der Waals surface area contributed by atoms with Crippen LogP contribution in [0.15, 0.2) is 9.53 Å². The summed E-state index contributed by atoms with van der Waals surface area (Å²) in [4.78, 5) is 33.3. The Balaban J connectivity index is 1.60. The van der Waals surface area contributed by atoms with Gasteiger partial charge < -0.3 is 20.3 Å². The molecule has 0 bridgehead atoms. The molecule has 0 spiro atoms. The standard InChI is InChI=1S/C13H15BrN5O9P/c1-4(20)24-3-26-29(23)25-2-5-8(28-29)7(21)11(27-5)19-9-6(16-12(19)14)10(22)18-13(15)17-9/h5,7-8,11,21H,2-3H2,1H3,(H3,15,17,18,22)/t5-,7+,8?,11-,29?/m1/s1. The molecule has 2 fully saturated rings. The summed E-state index contributed by atoms with van der Waals surface area (Å²) in [6, 6.07) is 0. The first-order valence-electron chi connectivity index (χ1n) is 8.16. The van der Waals surface area contributed by atoms with E-state index < -0.39 is 50.7 Å². The number of halogens is 1. The molecule has 16 heteroatoms. The van der Waals surface area contributed by atoms with Crippen LogP contribution in [0.25, 0.3) is 11.2 Å². The Hall–Kier alpha value is -1.87. The van der Waals surface area contributed by atoms with Crippen LogP contribution in [-0.4, -0.2) is 62.3 Å². The first-order chi connectivity index (χ1) is 13.7. The van der Waals surface area contributed by atoms with Crippen LogP contribution in [0.1, 0.15) is 13.2 Å². The Morgan fingerprint density at radius 2 is 2.28 bits per heavy atom. The third-order valence-corrected chi connectivity index (χ3v) is 6.16. The Kier molecular flexibility index (Phi) is 5.23. The van der Waals surface area contributed by atoms with E-state index in [1.54, 1.807) is 0 Å². The first kappa shape index (κ1) is 20.4. The van der Waals surface area contributed by atoms with Gasteiger partial charge >= 0.3 is 13.8 Å². The maximum absolute atomic E-state index is 12.5. The van der Waals surface area contributed by atoms with Crippen molar-refractivity contribution in [2.45, 2.75) is 31.5 Å². The second-order valence-corrected chi connectivity index (χ2v) is 8.46. The molecule has 158 valence electrons. The zero-order chi connectivity index (χ0) is 20.9. The fourth-order valence-electron chi connectivity index (χ4n) is 2.98. The lowest BCUT2D eigenvalue weighted by molar-refractivity contribution is -0.150. The van der Waals surface area contributed by atoms with Crippen LogP contribution in [0.3, 0.4) is 0 Å². The molecule has 2 unspecified atom stereocenters. The highest BCUT2D eigenvalue weighted by Gasteiger charge is 2.54. The van der Waals surface area contributed by atoms with Crippen molar-refractivity contribution in [1.82, 2.24) is 19.5 Å². The number of hydrogen-bond donors (Lipinski definition) is 3. The van der Waals surface area contributed by atoms with Crippen LogP contribution in [0, 0.1) is 0 Å². The molecule has 4 rings (SSSR count). The van der Waals surface area contributed by atoms with Crippen LogP contribution in [-0.2, 0) is 32.4 Å². The number of nitrogens with one attached hydrogen (secondary N) is 1. The molecule has 0 amide bonds. The van der Waals surface area contributed by atoms with Gasteiger partial charge in [-0.25, -0.2) is 14.1 Å². The number of phosphoric acid groups is 1. The highest BCUT2D eigenvalue weighted by molar-refractivity contribution is 9.10. The summed E-state index contributed by atoms with van der Waals surface area (Å²) in [5.74, 6) is -0.793. The average molecular weight is 496 g/mol. The lowest BCUT2D eigenvalue weighted by atomic mass is 10.1. The number of rotatable bonds is 4. The van der Waals surface area contributed by atoms with Crippen LogP contribution >= 0.6 is 23.8 Å². The number of esters is 1. The third-order valence-electron chi connectivity index (χ3n) is 4.21. The van der Waals surface area contributed by atoms with Crippen molar-refractivity contribution in [2.75, 3.05) is 19.1 Å². The Morgan fingerprint density at radius 3 is 3.00 bits per heavy atom. The van der Waals surface area contributed by atoms with E-state index in [0.717, 1.165) is 6.92 Å². The number of fused-ring (bicyclic) bond motifs is 2. The quantitative estimate of drug-likeness (QED) is 0.219. The van der Waals surface area contributed by atoms with E-state index in [-0.39, 0.29) is 28.5 Å². The molecule has 2 aliphatic heterocycles. The predicted molar refractivity (Wildman–Crippen MR) is 96.3 cm³/mol. The van der Waals surface area contributed by atoms with Gasteiger partial charge in [0.25, 0.3) is 5.56 Å². The van der Waals surface area contributed by atoms with Crippen molar-refractivity contribution in [2.24, 2.45) is 0 Å². The minimum atomic E-state index is -4.10. The lowest BCUT2D eigenvalue weighted by Crippen LogP contribution is -2.39. The van der Waals surface area contributed by atoms with Gasteiger partial charge in [-0.3, -0.25) is 28.2 Å². The smallest absolute Gasteiger partial charge is 0.438 e. The van der Waals surface area contributed by atoms with Gasteiger partial charge in [-0.2, -0.15) is 4.98 Å². The molecular formula is C13H15BrN5O9P. The van der Waals surface area contributed by atoms with Crippen molar-refractivity contribution < 1.29 is 37.5 Å². The second-order valence-electron chi connectivity index (χ2n) is 6.13. The number of nitrogens with two attached hydrogens (primary N) is 1. The number of aromatic nitrogens is 4. The average Bonchev–Trinajstić information content (AvgIpc) is 3.11. The van der Waals surface area contributed by atoms with E-state index in [1.807, 2.05) is 0 Å². The summed E-state index contributed by atoms with van der Waals surface area (Å²) in [6.45, 7) is 0.278. The summed E-state index contributed by atoms with van der Waals surface area (Å²) >= 11 is 3.20. The number of hydrogen-bond acceptors (Lipinski definition) is 12. The fraction of sp³-hybridized carbons (Fsp3) is 0.538. The number of H-pyrrole nitrogens is 1. The van der Waals surface area contributed by atoms with Gasteiger partial charge in [0.05, 0.1) is 6.61 Å². The van der Waals surface area contributed by atoms with Gasteiger partial charge in [-0.05, 0) is 15.9 Å².